The van der Waals surface area contributed by atoms with E-state index in [1.165, 1.54) is 12.1 Å². The highest BCUT2D eigenvalue weighted by Gasteiger charge is 2.30. The summed E-state index contributed by atoms with van der Waals surface area (Å²) < 4.78 is 44.8. The maximum atomic E-state index is 12.9. The summed E-state index contributed by atoms with van der Waals surface area (Å²) in [6, 6.07) is 13.2. The fraction of sp³-hybridized carbons (Fsp3) is 0.333. The van der Waals surface area contributed by atoms with E-state index in [4.69, 9.17) is 4.74 Å². The molecular weight excluding hydrogens is 417 g/mol. The molecule has 1 aromatic carbocycles. The number of benzene rings is 1. The van der Waals surface area contributed by atoms with Crippen LogP contribution in [0.15, 0.2) is 60.9 Å². The Labute approximate surface area is 185 Å². The molecule has 4 rings (SSSR count). The maximum Gasteiger partial charge on any atom is 0.416 e. The Morgan fingerprint density at radius 3 is 2.72 bits per heavy atom. The third kappa shape index (κ3) is 5.44. The Morgan fingerprint density at radius 2 is 1.97 bits per heavy atom. The maximum absolute atomic E-state index is 12.9. The number of nitrogens with zero attached hydrogens (tertiary/aromatic N) is 3. The van der Waals surface area contributed by atoms with Crippen LogP contribution < -0.4 is 5.32 Å². The van der Waals surface area contributed by atoms with Crippen LogP contribution in [0.2, 0.25) is 0 Å². The normalized spacial score (nSPS) is 17.3. The number of hydrogen-bond acceptors (Lipinski definition) is 5. The molecule has 1 aliphatic rings. The summed E-state index contributed by atoms with van der Waals surface area (Å²) in [6.07, 6.45) is -0.615. The lowest BCUT2D eigenvalue weighted by molar-refractivity contribution is -0.137. The minimum Gasteiger partial charge on any atom is -0.373 e. The zero-order chi connectivity index (χ0) is 22.6. The molecule has 0 spiro atoms. The molecule has 0 unspecified atom stereocenters. The second kappa shape index (κ2) is 9.67. The molecule has 168 valence electrons. The van der Waals surface area contributed by atoms with Crippen LogP contribution in [0, 0.1) is 0 Å². The van der Waals surface area contributed by atoms with Crippen molar-refractivity contribution in [1.29, 1.82) is 0 Å². The highest BCUT2D eigenvalue weighted by atomic mass is 19.4. The van der Waals surface area contributed by atoms with Crippen molar-refractivity contribution in [3.8, 4) is 0 Å². The standard InChI is InChI=1S/C24H25F3N4O/c1-28-23-19(5-3-9-29-23)15-31-10-11-32-22(16-31)21-8-7-18(14-30-21)12-17-4-2-6-20(13-17)24(25,26)27/h2-9,13-14,22H,10-12,15-16H2,1H3,(H,28,29)/t22-/m1/s1. The fourth-order valence-electron chi connectivity index (χ4n) is 3.88. The average molecular weight is 442 g/mol. The Balaban J connectivity index is 1.40. The van der Waals surface area contributed by atoms with Crippen LogP contribution in [0.5, 0.6) is 0 Å². The first-order valence-electron chi connectivity index (χ1n) is 10.5. The van der Waals surface area contributed by atoms with Gasteiger partial charge >= 0.3 is 6.18 Å². The number of nitrogens with one attached hydrogen (secondary N) is 1. The third-order valence-electron chi connectivity index (χ3n) is 5.51. The monoisotopic (exact) mass is 442 g/mol. The van der Waals surface area contributed by atoms with Crippen molar-refractivity contribution in [2.24, 2.45) is 0 Å². The molecule has 0 aliphatic carbocycles. The molecule has 3 heterocycles. The topological polar surface area (TPSA) is 50.3 Å². The van der Waals surface area contributed by atoms with E-state index in [0.29, 0.717) is 25.1 Å². The second-order valence-corrected chi connectivity index (χ2v) is 7.82. The van der Waals surface area contributed by atoms with Gasteiger partial charge in [0.25, 0.3) is 0 Å². The van der Waals surface area contributed by atoms with Crippen molar-refractivity contribution < 1.29 is 17.9 Å². The molecule has 1 saturated heterocycles. The summed E-state index contributed by atoms with van der Waals surface area (Å²) in [7, 11) is 1.86. The van der Waals surface area contributed by atoms with Crippen molar-refractivity contribution in [2.45, 2.75) is 25.2 Å². The Morgan fingerprint density at radius 1 is 1.09 bits per heavy atom. The van der Waals surface area contributed by atoms with E-state index in [9.17, 15) is 13.2 Å². The largest absolute Gasteiger partial charge is 0.416 e. The zero-order valence-electron chi connectivity index (χ0n) is 17.8. The summed E-state index contributed by atoms with van der Waals surface area (Å²) in [5.74, 6) is 0.868. The van der Waals surface area contributed by atoms with Crippen molar-refractivity contribution in [2.75, 3.05) is 32.1 Å². The quantitative estimate of drug-likeness (QED) is 0.600. The van der Waals surface area contributed by atoms with Gasteiger partial charge in [-0.2, -0.15) is 13.2 Å². The van der Waals surface area contributed by atoms with Crippen molar-refractivity contribution in [3.63, 3.8) is 0 Å². The van der Waals surface area contributed by atoms with E-state index in [0.717, 1.165) is 41.8 Å². The lowest BCUT2D eigenvalue weighted by Crippen LogP contribution is -2.38. The molecule has 1 N–H and O–H groups in total. The number of morpholine rings is 1. The van der Waals surface area contributed by atoms with Gasteiger partial charge in [-0.15, -0.1) is 0 Å². The summed E-state index contributed by atoms with van der Waals surface area (Å²) >= 11 is 0. The number of anilines is 1. The lowest BCUT2D eigenvalue weighted by Gasteiger charge is -2.33. The van der Waals surface area contributed by atoms with E-state index >= 15 is 0 Å². The van der Waals surface area contributed by atoms with Gasteiger partial charge in [0.1, 0.15) is 11.9 Å². The Bertz CT molecular complexity index is 1040. The molecule has 5 nitrogen and oxygen atoms in total. The molecular formula is C24H25F3N4O. The lowest BCUT2D eigenvalue weighted by atomic mass is 10.0. The van der Waals surface area contributed by atoms with Crippen LogP contribution >= 0.6 is 0 Å². The molecule has 3 aromatic rings. The number of halogens is 3. The molecule has 2 aromatic heterocycles. The summed E-state index contributed by atoms with van der Waals surface area (Å²) in [4.78, 5) is 11.2. The molecule has 1 atom stereocenters. The number of ether oxygens (including phenoxy) is 1. The molecule has 0 radical (unpaired) electrons. The van der Waals surface area contributed by atoms with Crippen LogP contribution in [0.3, 0.4) is 0 Å². The van der Waals surface area contributed by atoms with Crippen LogP contribution in [-0.4, -0.2) is 41.6 Å². The van der Waals surface area contributed by atoms with E-state index in [2.05, 4.69) is 26.3 Å². The molecule has 8 heteroatoms. The van der Waals surface area contributed by atoms with Crippen LogP contribution in [0.1, 0.15) is 34.1 Å². The van der Waals surface area contributed by atoms with Gasteiger partial charge < -0.3 is 10.1 Å². The fourth-order valence-corrected chi connectivity index (χ4v) is 3.88. The van der Waals surface area contributed by atoms with Crippen molar-refractivity contribution >= 4 is 5.82 Å². The van der Waals surface area contributed by atoms with Gasteiger partial charge in [-0.3, -0.25) is 9.88 Å². The predicted molar refractivity (Wildman–Crippen MR) is 116 cm³/mol. The molecule has 32 heavy (non-hydrogen) atoms. The van der Waals surface area contributed by atoms with Crippen LogP contribution in [0.4, 0.5) is 19.0 Å². The van der Waals surface area contributed by atoms with Gasteiger partial charge in [-0.1, -0.05) is 30.3 Å². The summed E-state index contributed by atoms with van der Waals surface area (Å²) in [5.41, 5.74) is 2.77. The summed E-state index contributed by atoms with van der Waals surface area (Å²) in [6.45, 7) is 2.89. The van der Waals surface area contributed by atoms with Crippen molar-refractivity contribution in [3.05, 3.63) is 88.9 Å². The number of hydrogen-bond donors (Lipinski definition) is 1. The number of rotatable bonds is 6. The second-order valence-electron chi connectivity index (χ2n) is 7.82. The molecule has 0 bridgehead atoms. The highest BCUT2D eigenvalue weighted by Crippen LogP contribution is 2.30. The molecule has 1 fully saturated rings. The van der Waals surface area contributed by atoms with Crippen LogP contribution in [0.25, 0.3) is 0 Å². The van der Waals surface area contributed by atoms with E-state index in [1.807, 2.05) is 25.2 Å². The first kappa shape index (κ1) is 22.2. The van der Waals surface area contributed by atoms with Gasteiger partial charge in [-0.05, 0) is 35.7 Å². The average Bonchev–Trinajstić information content (AvgIpc) is 2.80. The molecule has 0 saturated carbocycles. The summed E-state index contributed by atoms with van der Waals surface area (Å²) in [5, 5.41) is 3.12. The van der Waals surface area contributed by atoms with Gasteiger partial charge in [0, 0.05) is 44.6 Å². The van der Waals surface area contributed by atoms with Gasteiger partial charge in [0.15, 0.2) is 0 Å². The first-order chi connectivity index (χ1) is 15.4. The van der Waals surface area contributed by atoms with Gasteiger partial charge in [0.05, 0.1) is 17.9 Å². The number of pyridine rings is 2. The predicted octanol–water partition coefficient (Wildman–Crippen LogP) is 4.70. The highest BCUT2D eigenvalue weighted by molar-refractivity contribution is 5.42. The van der Waals surface area contributed by atoms with Crippen molar-refractivity contribution in [1.82, 2.24) is 14.9 Å². The Hall–Kier alpha value is -2.97. The molecule has 0 amide bonds. The first-order valence-corrected chi connectivity index (χ1v) is 10.5. The molecule has 1 aliphatic heterocycles. The minimum absolute atomic E-state index is 0.152. The minimum atomic E-state index is -4.34. The smallest absolute Gasteiger partial charge is 0.373 e. The van der Waals surface area contributed by atoms with Gasteiger partial charge in [-0.25, -0.2) is 4.98 Å². The zero-order valence-corrected chi connectivity index (χ0v) is 17.8. The van der Waals surface area contributed by atoms with E-state index < -0.39 is 11.7 Å². The Kier molecular flexibility index (Phi) is 6.72. The number of aromatic nitrogens is 2. The third-order valence-corrected chi connectivity index (χ3v) is 5.51. The van der Waals surface area contributed by atoms with E-state index in [-0.39, 0.29) is 6.10 Å². The van der Waals surface area contributed by atoms with Gasteiger partial charge in [0.2, 0.25) is 0 Å². The van der Waals surface area contributed by atoms with Crippen LogP contribution in [-0.2, 0) is 23.9 Å². The van der Waals surface area contributed by atoms with E-state index in [1.54, 1.807) is 18.5 Å². The number of alkyl halides is 3. The SMILES string of the molecule is CNc1ncccc1CN1CCO[C@@H](c2ccc(Cc3cccc(C(F)(F)F)c3)cn2)C1.